The molecular weight excluding hydrogens is 416 g/mol. The zero-order valence-corrected chi connectivity index (χ0v) is 20.2. The van der Waals surface area contributed by atoms with Crippen LogP contribution in [0, 0.1) is 0 Å². The number of amides is 2. The first-order valence-electron chi connectivity index (χ1n) is 11.5. The first-order valence-corrected chi connectivity index (χ1v) is 11.5. The lowest BCUT2D eigenvalue weighted by Gasteiger charge is -2.19. The number of anilines is 1. The summed E-state index contributed by atoms with van der Waals surface area (Å²) in [6.45, 7) is 9.92. The number of nitrogens with one attached hydrogen (secondary N) is 1. The van der Waals surface area contributed by atoms with Gasteiger partial charge in [-0.25, -0.2) is 0 Å². The normalized spacial score (nSPS) is 14.3. The number of rotatable bonds is 10. The second kappa shape index (κ2) is 10.7. The summed E-state index contributed by atoms with van der Waals surface area (Å²) < 4.78 is 10.8. The number of hydrogen-bond donors (Lipinski definition) is 1. The number of methoxy groups -OCH3 is 1. The minimum atomic E-state index is -0.322. The van der Waals surface area contributed by atoms with Crippen LogP contribution < -0.4 is 10.1 Å². The fourth-order valence-electron chi connectivity index (χ4n) is 3.67. The molecule has 0 saturated carbocycles. The molecule has 0 fully saturated rings. The van der Waals surface area contributed by atoms with Gasteiger partial charge in [0.05, 0.1) is 12.2 Å². The Morgan fingerprint density at radius 1 is 0.909 bits per heavy atom. The van der Waals surface area contributed by atoms with Crippen LogP contribution in [-0.4, -0.2) is 43.6 Å². The molecular formula is C27H34N2O4. The Kier molecular flexibility index (Phi) is 7.92. The Labute approximate surface area is 196 Å². The molecule has 3 rings (SSSR count). The Balaban J connectivity index is 1.93. The summed E-state index contributed by atoms with van der Waals surface area (Å²) in [5, 5.41) is 3.22. The molecule has 0 unspecified atom stereocenters. The number of benzene rings is 2. The van der Waals surface area contributed by atoms with Crippen LogP contribution in [0.1, 0.15) is 51.7 Å². The Morgan fingerprint density at radius 3 is 2.15 bits per heavy atom. The van der Waals surface area contributed by atoms with Crippen molar-refractivity contribution in [3.8, 4) is 5.75 Å². The first kappa shape index (κ1) is 24.5. The van der Waals surface area contributed by atoms with Crippen molar-refractivity contribution in [3.63, 3.8) is 0 Å². The summed E-state index contributed by atoms with van der Waals surface area (Å²) in [5.41, 5.74) is 3.34. The van der Waals surface area contributed by atoms with Gasteiger partial charge in [0.25, 0.3) is 11.8 Å². The van der Waals surface area contributed by atoms with Gasteiger partial charge in [-0.1, -0.05) is 52.0 Å². The van der Waals surface area contributed by atoms with Crippen molar-refractivity contribution in [2.24, 2.45) is 0 Å². The Bertz CT molecular complexity index is 1000. The molecule has 0 saturated heterocycles. The average Bonchev–Trinajstić information content (AvgIpc) is 3.02. The topological polar surface area (TPSA) is 67.9 Å². The molecule has 1 heterocycles. The third-order valence-electron chi connectivity index (χ3n) is 5.53. The van der Waals surface area contributed by atoms with Crippen molar-refractivity contribution < 1.29 is 19.1 Å². The van der Waals surface area contributed by atoms with E-state index in [1.54, 1.807) is 7.11 Å². The maximum Gasteiger partial charge on any atom is 0.278 e. The molecule has 0 aromatic heterocycles. The standard InChI is InChI=1S/C27H34N2O4/c1-6-17-33-22-14-8-19(9-15-22)23-24(26(31)29(25(23)30)16-7-18-32-5)28-21-12-10-20(11-13-21)27(2,3)4/h8-15,28H,6-7,16-18H2,1-5H3. The highest BCUT2D eigenvalue weighted by Crippen LogP contribution is 2.32. The van der Waals surface area contributed by atoms with Gasteiger partial charge >= 0.3 is 0 Å². The second-order valence-corrected chi connectivity index (χ2v) is 9.18. The van der Waals surface area contributed by atoms with E-state index in [1.807, 2.05) is 55.5 Å². The van der Waals surface area contributed by atoms with Crippen LogP contribution in [0.25, 0.3) is 5.57 Å². The summed E-state index contributed by atoms with van der Waals surface area (Å²) in [4.78, 5) is 27.8. The van der Waals surface area contributed by atoms with Gasteiger partial charge in [-0.3, -0.25) is 14.5 Å². The maximum absolute atomic E-state index is 13.3. The van der Waals surface area contributed by atoms with E-state index in [0.717, 1.165) is 17.9 Å². The predicted octanol–water partition coefficient (Wildman–Crippen LogP) is 5.00. The van der Waals surface area contributed by atoms with Crippen molar-refractivity contribution >= 4 is 23.1 Å². The lowest BCUT2D eigenvalue weighted by Crippen LogP contribution is -2.33. The maximum atomic E-state index is 13.3. The zero-order chi connectivity index (χ0) is 24.0. The summed E-state index contributed by atoms with van der Waals surface area (Å²) >= 11 is 0. The second-order valence-electron chi connectivity index (χ2n) is 9.18. The smallest absolute Gasteiger partial charge is 0.278 e. The highest BCUT2D eigenvalue weighted by atomic mass is 16.5. The van der Waals surface area contributed by atoms with Crippen molar-refractivity contribution in [1.29, 1.82) is 0 Å². The van der Waals surface area contributed by atoms with Gasteiger partial charge in [0.1, 0.15) is 11.4 Å². The summed E-state index contributed by atoms with van der Waals surface area (Å²) in [5.74, 6) is 0.117. The Morgan fingerprint density at radius 2 is 1.58 bits per heavy atom. The van der Waals surface area contributed by atoms with Crippen molar-refractivity contribution in [2.45, 2.75) is 46.0 Å². The molecule has 0 atom stereocenters. The van der Waals surface area contributed by atoms with Gasteiger partial charge in [-0.15, -0.1) is 0 Å². The van der Waals surface area contributed by atoms with E-state index in [4.69, 9.17) is 9.47 Å². The molecule has 33 heavy (non-hydrogen) atoms. The molecule has 2 aromatic carbocycles. The van der Waals surface area contributed by atoms with Crippen molar-refractivity contribution in [2.75, 3.05) is 32.2 Å². The van der Waals surface area contributed by atoms with Crippen LogP contribution in [0.15, 0.2) is 54.2 Å². The third kappa shape index (κ3) is 5.82. The summed E-state index contributed by atoms with van der Waals surface area (Å²) in [6, 6.07) is 15.3. The van der Waals surface area contributed by atoms with Gasteiger partial charge in [-0.05, 0) is 53.6 Å². The highest BCUT2D eigenvalue weighted by Gasteiger charge is 2.38. The SMILES string of the molecule is CCCOc1ccc(C2=C(Nc3ccc(C(C)(C)C)cc3)C(=O)N(CCCOC)C2=O)cc1. The molecule has 2 aromatic rings. The molecule has 1 N–H and O–H groups in total. The quantitative estimate of drug-likeness (QED) is 0.407. The van der Waals surface area contributed by atoms with E-state index < -0.39 is 0 Å². The fraction of sp³-hybridized carbons (Fsp3) is 0.407. The van der Waals surface area contributed by atoms with Gasteiger partial charge in [0.15, 0.2) is 0 Å². The van der Waals surface area contributed by atoms with Crippen LogP contribution in [0.4, 0.5) is 5.69 Å². The molecule has 0 bridgehead atoms. The van der Waals surface area contributed by atoms with Crippen LogP contribution in [0.2, 0.25) is 0 Å². The van der Waals surface area contributed by atoms with E-state index in [0.29, 0.717) is 43.0 Å². The fourth-order valence-corrected chi connectivity index (χ4v) is 3.67. The first-order chi connectivity index (χ1) is 15.8. The van der Waals surface area contributed by atoms with Crippen LogP contribution in [-0.2, 0) is 19.7 Å². The third-order valence-corrected chi connectivity index (χ3v) is 5.53. The monoisotopic (exact) mass is 450 g/mol. The molecule has 176 valence electrons. The number of ether oxygens (including phenoxy) is 2. The van der Waals surface area contributed by atoms with Crippen LogP contribution in [0.3, 0.4) is 0 Å². The summed E-state index contributed by atoms with van der Waals surface area (Å²) in [7, 11) is 1.60. The summed E-state index contributed by atoms with van der Waals surface area (Å²) in [6.07, 6.45) is 1.50. The van der Waals surface area contributed by atoms with E-state index in [2.05, 4.69) is 26.1 Å². The van der Waals surface area contributed by atoms with E-state index >= 15 is 0 Å². The van der Waals surface area contributed by atoms with Gasteiger partial charge in [0.2, 0.25) is 0 Å². The Hall–Kier alpha value is -3.12. The van der Waals surface area contributed by atoms with E-state index in [9.17, 15) is 9.59 Å². The molecule has 2 amide bonds. The lowest BCUT2D eigenvalue weighted by atomic mass is 9.87. The molecule has 0 radical (unpaired) electrons. The average molecular weight is 451 g/mol. The number of hydrogen-bond acceptors (Lipinski definition) is 5. The van der Waals surface area contributed by atoms with Crippen molar-refractivity contribution in [1.82, 2.24) is 4.90 Å². The number of nitrogens with zero attached hydrogens (tertiary/aromatic N) is 1. The number of carbonyl (C=O) groups is 2. The van der Waals surface area contributed by atoms with Crippen molar-refractivity contribution in [3.05, 3.63) is 65.4 Å². The van der Waals surface area contributed by atoms with Gasteiger partial charge in [-0.2, -0.15) is 0 Å². The van der Waals surface area contributed by atoms with Crippen LogP contribution >= 0.6 is 0 Å². The predicted molar refractivity (Wildman–Crippen MR) is 131 cm³/mol. The van der Waals surface area contributed by atoms with E-state index in [-0.39, 0.29) is 17.2 Å². The molecule has 1 aliphatic rings. The lowest BCUT2D eigenvalue weighted by molar-refractivity contribution is -0.136. The number of imide groups is 1. The van der Waals surface area contributed by atoms with Crippen LogP contribution in [0.5, 0.6) is 5.75 Å². The molecule has 0 spiro atoms. The molecule has 0 aliphatic carbocycles. The number of carbonyl (C=O) groups excluding carboxylic acids is 2. The zero-order valence-electron chi connectivity index (χ0n) is 20.2. The van der Waals surface area contributed by atoms with E-state index in [1.165, 1.54) is 10.5 Å². The minimum absolute atomic E-state index is 0.0296. The molecule has 6 heteroatoms. The van der Waals surface area contributed by atoms with Gasteiger partial charge in [0, 0.05) is 25.9 Å². The minimum Gasteiger partial charge on any atom is -0.494 e. The molecule has 1 aliphatic heterocycles. The van der Waals surface area contributed by atoms with Gasteiger partial charge < -0.3 is 14.8 Å². The largest absolute Gasteiger partial charge is 0.494 e. The molecule has 6 nitrogen and oxygen atoms in total. The highest BCUT2D eigenvalue weighted by molar-refractivity contribution is 6.36.